The van der Waals surface area contributed by atoms with E-state index in [2.05, 4.69) is 32.6 Å². The molecule has 108 valence electrons. The van der Waals surface area contributed by atoms with Crippen molar-refractivity contribution in [3.63, 3.8) is 0 Å². The molecule has 0 spiro atoms. The van der Waals surface area contributed by atoms with Crippen LogP contribution in [0.15, 0.2) is 12.2 Å². The van der Waals surface area contributed by atoms with E-state index in [9.17, 15) is 14.4 Å². The number of rotatable bonds is 6. The second-order valence-electron chi connectivity index (χ2n) is 4.07. The molecule has 0 aliphatic heterocycles. The van der Waals surface area contributed by atoms with Crippen LogP contribution in [0.5, 0.6) is 0 Å². The first-order chi connectivity index (χ1) is 9.41. The zero-order valence-electron chi connectivity index (χ0n) is 11.3. The van der Waals surface area contributed by atoms with Crippen LogP contribution in [-0.2, 0) is 4.79 Å². The molecule has 2 N–H and O–H groups in total. The Morgan fingerprint density at radius 1 is 1.20 bits per heavy atom. The van der Waals surface area contributed by atoms with Crippen molar-refractivity contribution < 1.29 is 14.4 Å². The van der Waals surface area contributed by atoms with E-state index in [-0.39, 0.29) is 11.7 Å². The molecule has 0 radical (unpaired) electrons. The highest BCUT2D eigenvalue weighted by atomic mass is 16.2. The number of carbonyl (C=O) groups is 3. The summed E-state index contributed by atoms with van der Waals surface area (Å²) in [5.74, 6) is -1.35. The van der Waals surface area contributed by atoms with Gasteiger partial charge in [0.1, 0.15) is 0 Å². The fraction of sp³-hybridized carbons (Fsp3) is 0.455. The van der Waals surface area contributed by atoms with Gasteiger partial charge in [-0.05, 0) is 18.6 Å². The summed E-state index contributed by atoms with van der Waals surface area (Å²) in [6.07, 6.45) is 0.547. The summed E-state index contributed by atoms with van der Waals surface area (Å²) >= 11 is 0. The van der Waals surface area contributed by atoms with E-state index in [0.717, 1.165) is 4.80 Å². The van der Waals surface area contributed by atoms with Crippen LogP contribution in [0.2, 0.25) is 0 Å². The van der Waals surface area contributed by atoms with E-state index in [4.69, 9.17) is 0 Å². The van der Waals surface area contributed by atoms with Crippen LogP contribution in [-0.4, -0.2) is 51.0 Å². The molecule has 2 amide bonds. The smallest absolute Gasteiger partial charge is 0.292 e. The third-order valence-corrected chi connectivity index (χ3v) is 2.21. The summed E-state index contributed by atoms with van der Waals surface area (Å²) in [7, 11) is 0. The van der Waals surface area contributed by atoms with Crippen molar-refractivity contribution in [2.45, 2.75) is 20.3 Å². The Kier molecular flexibility index (Phi) is 5.51. The summed E-state index contributed by atoms with van der Waals surface area (Å²) in [5, 5.41) is 15.7. The molecule has 0 aliphatic carbocycles. The molecule has 1 heterocycles. The van der Waals surface area contributed by atoms with E-state index in [0.29, 0.717) is 25.1 Å². The molecule has 0 atom stereocenters. The van der Waals surface area contributed by atoms with E-state index < -0.39 is 11.8 Å². The topological polar surface area (TPSA) is 119 Å². The Morgan fingerprint density at radius 3 is 2.40 bits per heavy atom. The Morgan fingerprint density at radius 2 is 1.85 bits per heavy atom. The van der Waals surface area contributed by atoms with Gasteiger partial charge in [-0.3, -0.25) is 14.4 Å². The van der Waals surface area contributed by atoms with Crippen molar-refractivity contribution in [3.05, 3.63) is 18.0 Å². The summed E-state index contributed by atoms with van der Waals surface area (Å²) in [5.41, 5.74) is 0.430. The Balaban J connectivity index is 2.28. The summed E-state index contributed by atoms with van der Waals surface area (Å²) in [6, 6.07) is 0. The fourth-order valence-corrected chi connectivity index (χ4v) is 1.16. The summed E-state index contributed by atoms with van der Waals surface area (Å²) in [4.78, 5) is 34.4. The largest absolute Gasteiger partial charge is 0.352 e. The van der Waals surface area contributed by atoms with E-state index in [1.54, 1.807) is 6.92 Å². The van der Waals surface area contributed by atoms with Crippen LogP contribution in [0.3, 0.4) is 0 Å². The van der Waals surface area contributed by atoms with Crippen LogP contribution < -0.4 is 10.6 Å². The molecular formula is C11H16N6O3. The quantitative estimate of drug-likeness (QED) is 0.517. The van der Waals surface area contributed by atoms with Gasteiger partial charge in [-0.1, -0.05) is 11.4 Å². The predicted molar refractivity (Wildman–Crippen MR) is 68.9 cm³/mol. The van der Waals surface area contributed by atoms with Crippen molar-refractivity contribution in [3.8, 4) is 0 Å². The van der Waals surface area contributed by atoms with Gasteiger partial charge in [-0.2, -0.15) is 0 Å². The lowest BCUT2D eigenvalue weighted by atomic mass is 10.3. The van der Waals surface area contributed by atoms with Crippen molar-refractivity contribution in [2.24, 2.45) is 0 Å². The lowest BCUT2D eigenvalue weighted by Crippen LogP contribution is -2.30. The minimum absolute atomic E-state index is 0.175. The second-order valence-corrected chi connectivity index (χ2v) is 4.07. The highest BCUT2D eigenvalue weighted by Gasteiger charge is 2.13. The van der Waals surface area contributed by atoms with E-state index in [1.807, 2.05) is 0 Å². The molecule has 1 aromatic rings. The normalized spacial score (nSPS) is 9.90. The Hall–Kier alpha value is -2.58. The molecule has 0 bridgehead atoms. The third-order valence-electron chi connectivity index (χ3n) is 2.21. The first-order valence-corrected chi connectivity index (χ1v) is 5.94. The van der Waals surface area contributed by atoms with Gasteiger partial charge in [0.15, 0.2) is 0 Å². The standard InChI is InChI=1S/C11H16N6O3/c1-7(2)10(19)12-5-4-6-13-11(20)9-14-16-17(15-9)8(3)18/h1,4-6H2,2-3H3,(H,12,19)(H,13,20). The molecular weight excluding hydrogens is 264 g/mol. The number of tetrazole rings is 1. The molecule has 0 unspecified atom stereocenters. The second kappa shape index (κ2) is 7.12. The van der Waals surface area contributed by atoms with E-state index in [1.165, 1.54) is 6.92 Å². The van der Waals surface area contributed by atoms with Gasteiger partial charge in [0, 0.05) is 25.6 Å². The van der Waals surface area contributed by atoms with E-state index >= 15 is 0 Å². The Bertz CT molecular complexity index is 536. The molecule has 0 aliphatic rings. The molecule has 0 fully saturated rings. The van der Waals surface area contributed by atoms with Gasteiger partial charge in [-0.25, -0.2) is 0 Å². The van der Waals surface area contributed by atoms with Crippen molar-refractivity contribution >= 4 is 17.7 Å². The van der Waals surface area contributed by atoms with Crippen molar-refractivity contribution in [1.29, 1.82) is 0 Å². The zero-order chi connectivity index (χ0) is 15.1. The lowest BCUT2D eigenvalue weighted by molar-refractivity contribution is -0.117. The summed E-state index contributed by atoms with van der Waals surface area (Å²) < 4.78 is 0. The molecule has 0 saturated carbocycles. The van der Waals surface area contributed by atoms with Gasteiger partial charge in [-0.15, -0.1) is 10.2 Å². The first-order valence-electron chi connectivity index (χ1n) is 5.94. The third kappa shape index (κ3) is 4.59. The molecule has 1 aromatic heterocycles. The van der Waals surface area contributed by atoms with Gasteiger partial charge < -0.3 is 10.6 Å². The average molecular weight is 280 g/mol. The zero-order valence-corrected chi connectivity index (χ0v) is 11.3. The summed E-state index contributed by atoms with van der Waals surface area (Å²) in [6.45, 7) is 7.13. The van der Waals surface area contributed by atoms with Gasteiger partial charge in [0.25, 0.3) is 17.6 Å². The minimum atomic E-state index is -0.524. The number of hydrogen-bond acceptors (Lipinski definition) is 6. The van der Waals surface area contributed by atoms with Crippen LogP contribution in [0, 0.1) is 0 Å². The van der Waals surface area contributed by atoms with Crippen molar-refractivity contribution in [2.75, 3.05) is 13.1 Å². The first kappa shape index (κ1) is 15.5. The molecule has 9 nitrogen and oxygen atoms in total. The number of nitrogens with zero attached hydrogens (tertiary/aromatic N) is 4. The molecule has 9 heteroatoms. The van der Waals surface area contributed by atoms with Crippen LogP contribution in [0.25, 0.3) is 0 Å². The maximum absolute atomic E-state index is 11.6. The van der Waals surface area contributed by atoms with Crippen LogP contribution >= 0.6 is 0 Å². The Labute approximate surface area is 115 Å². The van der Waals surface area contributed by atoms with Crippen LogP contribution in [0.1, 0.15) is 35.7 Å². The highest BCUT2D eigenvalue weighted by molar-refractivity contribution is 5.92. The lowest BCUT2D eigenvalue weighted by Gasteiger charge is -2.04. The number of aromatic nitrogens is 4. The number of hydrogen-bond donors (Lipinski definition) is 2. The molecule has 1 rings (SSSR count). The maximum atomic E-state index is 11.6. The monoisotopic (exact) mass is 280 g/mol. The number of amides is 2. The number of nitrogens with one attached hydrogen (secondary N) is 2. The van der Waals surface area contributed by atoms with Crippen LogP contribution in [0.4, 0.5) is 0 Å². The van der Waals surface area contributed by atoms with Gasteiger partial charge in [0.2, 0.25) is 5.91 Å². The number of carbonyl (C=O) groups excluding carboxylic acids is 3. The maximum Gasteiger partial charge on any atom is 0.292 e. The fourth-order valence-electron chi connectivity index (χ4n) is 1.16. The molecule has 20 heavy (non-hydrogen) atoms. The van der Waals surface area contributed by atoms with Gasteiger partial charge in [0.05, 0.1) is 0 Å². The van der Waals surface area contributed by atoms with Gasteiger partial charge >= 0.3 is 0 Å². The predicted octanol–water partition coefficient (Wildman–Crippen LogP) is -0.855. The average Bonchev–Trinajstić information content (AvgIpc) is 2.87. The highest BCUT2D eigenvalue weighted by Crippen LogP contribution is 1.88. The molecule has 0 saturated heterocycles. The minimum Gasteiger partial charge on any atom is -0.352 e. The molecule has 0 aromatic carbocycles. The van der Waals surface area contributed by atoms with Crippen molar-refractivity contribution in [1.82, 2.24) is 30.8 Å². The SMILES string of the molecule is C=C(C)C(=O)NCCCNC(=O)c1nnn(C(C)=O)n1.